The smallest absolute Gasteiger partial charge is 0.335 e. The molecule has 0 spiro atoms. The predicted molar refractivity (Wildman–Crippen MR) is 97.0 cm³/mol. The van der Waals surface area contributed by atoms with Gasteiger partial charge < -0.3 is 9.84 Å². The zero-order valence-corrected chi connectivity index (χ0v) is 16.0. The van der Waals surface area contributed by atoms with Crippen LogP contribution in [0.25, 0.3) is 11.4 Å². The van der Waals surface area contributed by atoms with Crippen molar-refractivity contribution in [2.75, 3.05) is 18.1 Å². The number of hydrogen-bond donors (Lipinski definition) is 2. The molecule has 0 amide bonds. The van der Waals surface area contributed by atoms with E-state index in [1.807, 2.05) is 0 Å². The second-order valence-corrected chi connectivity index (χ2v) is 8.82. The number of benzene rings is 1. The van der Waals surface area contributed by atoms with Gasteiger partial charge in [0.05, 0.1) is 11.8 Å². The molecule has 11 heteroatoms. The molecule has 2 N–H and O–H groups in total. The summed E-state index contributed by atoms with van der Waals surface area (Å²) in [5.41, 5.74) is -0.549. The number of nitrogens with one attached hydrogen (secondary N) is 2. The van der Waals surface area contributed by atoms with Crippen LogP contribution >= 0.6 is 0 Å². The van der Waals surface area contributed by atoms with E-state index >= 15 is 0 Å². The van der Waals surface area contributed by atoms with E-state index in [2.05, 4.69) is 20.2 Å². The fourth-order valence-electron chi connectivity index (χ4n) is 3.19. The van der Waals surface area contributed by atoms with Crippen LogP contribution in [0.1, 0.15) is 31.2 Å². The quantitative estimate of drug-likeness (QED) is 0.747. The van der Waals surface area contributed by atoms with Gasteiger partial charge in [-0.25, -0.2) is 13.1 Å². The van der Waals surface area contributed by atoms with Crippen molar-refractivity contribution in [3.63, 3.8) is 0 Å². The molecule has 3 rings (SSSR count). The lowest BCUT2D eigenvalue weighted by Crippen LogP contribution is -2.33. The second-order valence-electron chi connectivity index (χ2n) is 6.98. The van der Waals surface area contributed by atoms with Crippen molar-refractivity contribution in [2.45, 2.75) is 37.9 Å². The molecule has 1 heterocycles. The molecule has 0 saturated heterocycles. The highest BCUT2D eigenvalue weighted by Crippen LogP contribution is 2.32. The van der Waals surface area contributed by atoms with Crippen molar-refractivity contribution in [3.05, 3.63) is 29.8 Å². The Morgan fingerprint density at radius 3 is 2.57 bits per heavy atom. The van der Waals surface area contributed by atoms with Crippen LogP contribution < -0.4 is 10.0 Å². The highest BCUT2D eigenvalue weighted by molar-refractivity contribution is 7.88. The summed E-state index contributed by atoms with van der Waals surface area (Å²) in [5, 5.41) is 6.86. The van der Waals surface area contributed by atoms with Crippen LogP contribution in [-0.4, -0.2) is 37.4 Å². The summed E-state index contributed by atoms with van der Waals surface area (Å²) >= 11 is 0. The number of anilines is 1. The van der Waals surface area contributed by atoms with Gasteiger partial charge in [-0.05, 0) is 43.7 Å². The summed E-state index contributed by atoms with van der Waals surface area (Å²) in [5.74, 6) is 0.357. The van der Waals surface area contributed by atoms with Crippen molar-refractivity contribution in [2.24, 2.45) is 5.92 Å². The van der Waals surface area contributed by atoms with Crippen LogP contribution in [-0.2, 0) is 16.2 Å². The van der Waals surface area contributed by atoms with Crippen LogP contribution in [0.4, 0.5) is 19.2 Å². The fourth-order valence-corrected chi connectivity index (χ4v) is 3.73. The molecule has 1 saturated carbocycles. The van der Waals surface area contributed by atoms with E-state index < -0.39 is 21.8 Å². The number of alkyl halides is 3. The van der Waals surface area contributed by atoms with Crippen LogP contribution in [0.2, 0.25) is 0 Å². The molecule has 0 atom stereocenters. The van der Waals surface area contributed by atoms with Crippen LogP contribution in [0.3, 0.4) is 0 Å². The van der Waals surface area contributed by atoms with Gasteiger partial charge in [-0.2, -0.15) is 18.2 Å². The van der Waals surface area contributed by atoms with Gasteiger partial charge in [0.25, 0.3) is 0 Å². The molecule has 7 nitrogen and oxygen atoms in total. The summed E-state index contributed by atoms with van der Waals surface area (Å²) in [6.07, 6.45) is -0.0123. The maximum absolute atomic E-state index is 12.8. The fraction of sp³-hybridized carbons (Fsp3) is 0.529. The van der Waals surface area contributed by atoms with E-state index in [9.17, 15) is 21.6 Å². The summed E-state index contributed by atoms with van der Waals surface area (Å²) in [6, 6.07) is 5.00. The number of nitrogens with zero attached hydrogens (tertiary/aromatic N) is 2. The Hall–Kier alpha value is -2.14. The van der Waals surface area contributed by atoms with E-state index in [4.69, 9.17) is 4.52 Å². The van der Waals surface area contributed by atoms with Gasteiger partial charge in [-0.15, -0.1) is 0 Å². The van der Waals surface area contributed by atoms with E-state index in [0.29, 0.717) is 6.54 Å². The lowest BCUT2D eigenvalue weighted by molar-refractivity contribution is -0.137. The van der Waals surface area contributed by atoms with Gasteiger partial charge in [0.1, 0.15) is 0 Å². The number of rotatable bonds is 6. The van der Waals surface area contributed by atoms with E-state index in [1.165, 1.54) is 12.1 Å². The summed E-state index contributed by atoms with van der Waals surface area (Å²) in [7, 11) is -3.19. The zero-order valence-electron chi connectivity index (χ0n) is 15.2. The van der Waals surface area contributed by atoms with Crippen molar-refractivity contribution < 1.29 is 26.1 Å². The molecule has 0 unspecified atom stereocenters. The Balaban J connectivity index is 1.56. The third-order valence-corrected chi connectivity index (χ3v) is 5.37. The third kappa shape index (κ3) is 5.68. The Kier molecular flexibility index (Phi) is 5.94. The lowest BCUT2D eigenvalue weighted by Gasteiger charge is -2.28. The first-order valence-electron chi connectivity index (χ1n) is 8.83. The Bertz CT molecular complexity index is 906. The lowest BCUT2D eigenvalue weighted by atomic mass is 9.86. The van der Waals surface area contributed by atoms with Crippen molar-refractivity contribution >= 4 is 16.0 Å². The molecule has 28 heavy (non-hydrogen) atoms. The van der Waals surface area contributed by atoms with E-state index in [1.54, 1.807) is 0 Å². The first-order valence-corrected chi connectivity index (χ1v) is 10.7. The number of hydrogen-bond acceptors (Lipinski definition) is 6. The Morgan fingerprint density at radius 1 is 1.21 bits per heavy atom. The number of aromatic nitrogens is 2. The SMILES string of the molecule is CS(=O)(=O)NCC1CCC(Nc2nc(-c3cccc(C(F)(F)F)c3)no2)CC1. The van der Waals surface area contributed by atoms with E-state index in [-0.39, 0.29) is 29.4 Å². The number of halogens is 3. The standard InChI is InChI=1S/C17H21F3N4O3S/c1-28(25,26)21-10-11-5-7-14(8-6-11)22-16-23-15(24-27-16)12-3-2-4-13(9-12)17(18,19)20/h2-4,9,11,14,21H,5-8,10H2,1H3,(H,22,23,24). The van der Waals surface area contributed by atoms with Crippen molar-refractivity contribution in [3.8, 4) is 11.4 Å². The molecular formula is C17H21F3N4O3S. The molecule has 0 bridgehead atoms. The van der Waals surface area contributed by atoms with Gasteiger partial charge in [0, 0.05) is 18.2 Å². The molecule has 1 aromatic heterocycles. The predicted octanol–water partition coefficient (Wildman–Crippen LogP) is 3.28. The minimum Gasteiger partial charge on any atom is -0.335 e. The third-order valence-electron chi connectivity index (χ3n) is 4.68. The van der Waals surface area contributed by atoms with Crippen LogP contribution in [0.15, 0.2) is 28.8 Å². The highest BCUT2D eigenvalue weighted by Gasteiger charge is 2.31. The second kappa shape index (κ2) is 8.08. The van der Waals surface area contributed by atoms with Crippen molar-refractivity contribution in [1.82, 2.24) is 14.9 Å². The zero-order chi connectivity index (χ0) is 20.4. The summed E-state index contributed by atoms with van der Waals surface area (Å²) < 4.78 is 68.5. The molecule has 1 aliphatic carbocycles. The van der Waals surface area contributed by atoms with E-state index in [0.717, 1.165) is 44.1 Å². The molecule has 1 aromatic carbocycles. The molecular weight excluding hydrogens is 397 g/mol. The summed E-state index contributed by atoms with van der Waals surface area (Å²) in [4.78, 5) is 4.14. The van der Waals surface area contributed by atoms with Gasteiger partial charge in [-0.3, -0.25) is 0 Å². The molecule has 0 aliphatic heterocycles. The highest BCUT2D eigenvalue weighted by atomic mass is 32.2. The average Bonchev–Trinajstić information content (AvgIpc) is 3.08. The molecule has 2 aromatic rings. The van der Waals surface area contributed by atoms with Crippen molar-refractivity contribution in [1.29, 1.82) is 0 Å². The first-order chi connectivity index (χ1) is 13.1. The molecule has 154 valence electrons. The molecule has 1 aliphatic rings. The normalized spacial score (nSPS) is 20.9. The molecule has 0 radical (unpaired) electrons. The minimum absolute atomic E-state index is 0.0830. The first kappa shape index (κ1) is 20.6. The van der Waals surface area contributed by atoms with Gasteiger partial charge >= 0.3 is 12.2 Å². The largest absolute Gasteiger partial charge is 0.416 e. The van der Waals surface area contributed by atoms with Crippen LogP contribution in [0, 0.1) is 5.92 Å². The Labute approximate surface area is 160 Å². The monoisotopic (exact) mass is 418 g/mol. The Morgan fingerprint density at radius 2 is 1.93 bits per heavy atom. The maximum atomic E-state index is 12.8. The van der Waals surface area contributed by atoms with Crippen LogP contribution in [0.5, 0.6) is 0 Å². The van der Waals surface area contributed by atoms with Gasteiger partial charge in [0.2, 0.25) is 15.8 Å². The number of sulfonamides is 1. The van der Waals surface area contributed by atoms with Gasteiger partial charge in [-0.1, -0.05) is 17.3 Å². The minimum atomic E-state index is -4.44. The maximum Gasteiger partial charge on any atom is 0.416 e. The summed E-state index contributed by atoms with van der Waals surface area (Å²) in [6.45, 7) is 0.422. The van der Waals surface area contributed by atoms with Gasteiger partial charge in [0.15, 0.2) is 0 Å². The topological polar surface area (TPSA) is 97.1 Å². The molecule has 1 fully saturated rings. The average molecular weight is 418 g/mol.